The highest BCUT2D eigenvalue weighted by molar-refractivity contribution is 6.32. The van der Waals surface area contributed by atoms with Crippen LogP contribution in [0.25, 0.3) is 6.08 Å². The smallest absolute Gasteiger partial charge is 0.266 e. The zero-order valence-electron chi connectivity index (χ0n) is 17.9. The van der Waals surface area contributed by atoms with E-state index >= 15 is 0 Å². The van der Waals surface area contributed by atoms with Crippen LogP contribution in [0.3, 0.4) is 0 Å². The molecule has 5 nitrogen and oxygen atoms in total. The number of para-hydroxylation sites is 1. The van der Waals surface area contributed by atoms with E-state index in [0.717, 1.165) is 11.1 Å². The molecule has 1 amide bonds. The molecule has 0 saturated heterocycles. The van der Waals surface area contributed by atoms with Crippen molar-refractivity contribution in [3.05, 3.63) is 94.0 Å². The molecule has 0 aliphatic rings. The second-order valence-electron chi connectivity index (χ2n) is 6.98. The van der Waals surface area contributed by atoms with E-state index < -0.39 is 5.91 Å². The van der Waals surface area contributed by atoms with Crippen molar-refractivity contribution in [2.45, 2.75) is 20.5 Å². The lowest BCUT2D eigenvalue weighted by Crippen LogP contribution is -2.14. The third-order valence-electron chi connectivity index (χ3n) is 4.63. The van der Waals surface area contributed by atoms with Crippen molar-refractivity contribution in [1.82, 2.24) is 0 Å². The average molecular weight is 447 g/mol. The maximum atomic E-state index is 12.6. The number of aryl methyl sites for hydroxylation is 1. The Balaban J connectivity index is 1.86. The number of benzene rings is 3. The van der Waals surface area contributed by atoms with Crippen LogP contribution in [0, 0.1) is 18.3 Å². The Labute approximate surface area is 192 Å². The number of amides is 1. The van der Waals surface area contributed by atoms with E-state index in [4.69, 9.17) is 21.1 Å². The second-order valence-corrected chi connectivity index (χ2v) is 7.38. The molecule has 0 aliphatic heterocycles. The van der Waals surface area contributed by atoms with Gasteiger partial charge >= 0.3 is 0 Å². The number of rotatable bonds is 8. The fourth-order valence-electron chi connectivity index (χ4n) is 3.02. The molecular weight excluding hydrogens is 424 g/mol. The molecule has 0 heterocycles. The molecule has 0 saturated carbocycles. The zero-order chi connectivity index (χ0) is 22.9. The number of halogens is 1. The Kier molecular flexibility index (Phi) is 7.91. The Bertz CT molecular complexity index is 1170. The van der Waals surface area contributed by atoms with Crippen molar-refractivity contribution >= 4 is 29.3 Å². The van der Waals surface area contributed by atoms with Crippen LogP contribution in [0.1, 0.15) is 23.6 Å². The number of carbonyl (C=O) groups is 1. The lowest BCUT2D eigenvalue weighted by Gasteiger charge is -2.15. The summed E-state index contributed by atoms with van der Waals surface area (Å²) >= 11 is 6.48. The van der Waals surface area contributed by atoms with E-state index in [2.05, 4.69) is 5.32 Å². The van der Waals surface area contributed by atoms with E-state index in [1.165, 1.54) is 6.08 Å². The van der Waals surface area contributed by atoms with Crippen LogP contribution in [0.4, 0.5) is 5.69 Å². The summed E-state index contributed by atoms with van der Waals surface area (Å²) in [5, 5.41) is 12.6. The van der Waals surface area contributed by atoms with E-state index in [-0.39, 0.29) is 5.57 Å². The van der Waals surface area contributed by atoms with Crippen molar-refractivity contribution in [2.75, 3.05) is 11.9 Å². The number of carbonyl (C=O) groups excluding carboxylic acids is 1. The summed E-state index contributed by atoms with van der Waals surface area (Å²) in [6.07, 6.45) is 1.48. The first kappa shape index (κ1) is 22.9. The molecule has 32 heavy (non-hydrogen) atoms. The average Bonchev–Trinajstić information content (AvgIpc) is 2.79. The summed E-state index contributed by atoms with van der Waals surface area (Å²) in [6, 6.07) is 22.4. The lowest BCUT2D eigenvalue weighted by atomic mass is 10.1. The summed E-state index contributed by atoms with van der Waals surface area (Å²) in [5.74, 6) is 0.358. The Hall–Kier alpha value is -3.75. The van der Waals surface area contributed by atoms with Gasteiger partial charge in [0, 0.05) is 5.69 Å². The largest absolute Gasteiger partial charge is 0.490 e. The molecule has 0 fully saturated rings. The molecule has 162 valence electrons. The van der Waals surface area contributed by atoms with Crippen LogP contribution < -0.4 is 14.8 Å². The van der Waals surface area contributed by atoms with Gasteiger partial charge in [0.15, 0.2) is 11.5 Å². The van der Waals surface area contributed by atoms with Crippen LogP contribution in [0.2, 0.25) is 5.02 Å². The van der Waals surface area contributed by atoms with Gasteiger partial charge in [0.1, 0.15) is 18.2 Å². The quantitative estimate of drug-likeness (QED) is 0.331. The molecule has 0 unspecified atom stereocenters. The van der Waals surface area contributed by atoms with Crippen LogP contribution in [-0.4, -0.2) is 12.5 Å². The fourth-order valence-corrected chi connectivity index (χ4v) is 3.30. The summed E-state index contributed by atoms with van der Waals surface area (Å²) in [4.78, 5) is 12.6. The minimum Gasteiger partial charge on any atom is -0.490 e. The lowest BCUT2D eigenvalue weighted by molar-refractivity contribution is -0.112. The number of anilines is 1. The minimum absolute atomic E-state index is 0.0512. The fraction of sp³-hybridized carbons (Fsp3) is 0.154. The van der Waals surface area contributed by atoms with Crippen molar-refractivity contribution in [2.24, 2.45) is 0 Å². The number of nitriles is 1. The molecule has 3 aromatic rings. The summed E-state index contributed by atoms with van der Waals surface area (Å²) in [6.45, 7) is 4.48. The van der Waals surface area contributed by atoms with Crippen LogP contribution in [0.5, 0.6) is 11.5 Å². The third-order valence-corrected chi connectivity index (χ3v) is 4.91. The normalized spacial score (nSPS) is 10.9. The van der Waals surface area contributed by atoms with E-state index in [1.807, 2.05) is 68.4 Å². The number of hydrogen-bond donors (Lipinski definition) is 1. The summed E-state index contributed by atoms with van der Waals surface area (Å²) in [7, 11) is 0. The molecular formula is C26H23ClN2O3. The van der Waals surface area contributed by atoms with Crippen molar-refractivity contribution < 1.29 is 14.3 Å². The predicted octanol–water partition coefficient (Wildman–Crippen LogP) is 6.17. The molecule has 0 aliphatic carbocycles. The number of nitrogens with one attached hydrogen (secondary N) is 1. The molecule has 6 heteroatoms. The van der Waals surface area contributed by atoms with E-state index in [0.29, 0.717) is 41.0 Å². The monoisotopic (exact) mass is 446 g/mol. The maximum Gasteiger partial charge on any atom is 0.266 e. The predicted molar refractivity (Wildman–Crippen MR) is 127 cm³/mol. The van der Waals surface area contributed by atoms with Crippen molar-refractivity contribution in [3.8, 4) is 17.6 Å². The number of nitrogens with zero attached hydrogens (tertiary/aromatic N) is 1. The highest BCUT2D eigenvalue weighted by atomic mass is 35.5. The Morgan fingerprint density at radius 2 is 1.81 bits per heavy atom. The maximum absolute atomic E-state index is 12.6. The van der Waals surface area contributed by atoms with Gasteiger partial charge in [-0.3, -0.25) is 4.79 Å². The number of hydrogen-bond acceptors (Lipinski definition) is 4. The first-order chi connectivity index (χ1) is 15.5. The molecule has 0 atom stereocenters. The van der Waals surface area contributed by atoms with Crippen LogP contribution in [0.15, 0.2) is 72.3 Å². The molecule has 1 N–H and O–H groups in total. The molecule has 3 aromatic carbocycles. The first-order valence-electron chi connectivity index (χ1n) is 10.1. The Morgan fingerprint density at radius 1 is 1.09 bits per heavy atom. The van der Waals surface area contributed by atoms with Gasteiger partial charge in [-0.05, 0) is 54.8 Å². The standard InChI is InChI=1S/C26H23ClN2O3/c1-3-31-24-15-20(14-22(27)25(24)32-17-19-10-5-4-6-11-19)13-21(16-28)26(30)29-23-12-8-7-9-18(23)2/h4-15H,3,17H2,1-2H3,(H,29,30)/b21-13+. The van der Waals surface area contributed by atoms with Crippen molar-refractivity contribution in [3.63, 3.8) is 0 Å². The first-order valence-corrected chi connectivity index (χ1v) is 10.5. The highest BCUT2D eigenvalue weighted by Gasteiger charge is 2.15. The van der Waals surface area contributed by atoms with Gasteiger partial charge in [-0.15, -0.1) is 0 Å². The third kappa shape index (κ3) is 5.90. The van der Waals surface area contributed by atoms with Crippen LogP contribution in [-0.2, 0) is 11.4 Å². The second kappa shape index (κ2) is 11.0. The van der Waals surface area contributed by atoms with Gasteiger partial charge in [-0.25, -0.2) is 0 Å². The van der Waals surface area contributed by atoms with E-state index in [9.17, 15) is 10.1 Å². The topological polar surface area (TPSA) is 71.3 Å². The van der Waals surface area contributed by atoms with Gasteiger partial charge in [0.2, 0.25) is 0 Å². The van der Waals surface area contributed by atoms with Gasteiger partial charge in [-0.1, -0.05) is 60.1 Å². The highest BCUT2D eigenvalue weighted by Crippen LogP contribution is 2.38. The zero-order valence-corrected chi connectivity index (χ0v) is 18.6. The van der Waals surface area contributed by atoms with E-state index in [1.54, 1.807) is 18.2 Å². The minimum atomic E-state index is -0.500. The molecule has 0 bridgehead atoms. The van der Waals surface area contributed by atoms with Gasteiger partial charge in [0.25, 0.3) is 5.91 Å². The van der Waals surface area contributed by atoms with Gasteiger partial charge < -0.3 is 14.8 Å². The van der Waals surface area contributed by atoms with Gasteiger partial charge in [0.05, 0.1) is 11.6 Å². The molecule has 0 radical (unpaired) electrons. The van der Waals surface area contributed by atoms with Gasteiger partial charge in [-0.2, -0.15) is 5.26 Å². The molecule has 0 aromatic heterocycles. The summed E-state index contributed by atoms with van der Waals surface area (Å²) < 4.78 is 11.6. The van der Waals surface area contributed by atoms with Crippen LogP contribution >= 0.6 is 11.6 Å². The summed E-state index contributed by atoms with van der Waals surface area (Å²) in [5.41, 5.74) is 3.05. The molecule has 0 spiro atoms. The number of ether oxygens (including phenoxy) is 2. The van der Waals surface area contributed by atoms with Crippen molar-refractivity contribution in [1.29, 1.82) is 5.26 Å². The molecule has 3 rings (SSSR count). The SMILES string of the molecule is CCOc1cc(/C=C(\C#N)C(=O)Nc2ccccc2C)cc(Cl)c1OCc1ccccc1. The Morgan fingerprint density at radius 3 is 2.50 bits per heavy atom.